The first-order valence-electron chi connectivity index (χ1n) is 6.35. The van der Waals surface area contributed by atoms with E-state index < -0.39 is 11.7 Å². The van der Waals surface area contributed by atoms with Crippen molar-refractivity contribution in [1.29, 1.82) is 5.26 Å². The van der Waals surface area contributed by atoms with E-state index in [-0.39, 0.29) is 11.6 Å². The lowest BCUT2D eigenvalue weighted by Gasteiger charge is -2.33. The Morgan fingerprint density at radius 3 is 2.50 bits per heavy atom. The Labute approximate surface area is 115 Å². The highest BCUT2D eigenvalue weighted by Crippen LogP contribution is 2.34. The van der Waals surface area contributed by atoms with E-state index >= 15 is 0 Å². The molecule has 0 amide bonds. The molecule has 0 spiro atoms. The smallest absolute Gasteiger partial charge is 0.381 e. The van der Waals surface area contributed by atoms with Crippen LogP contribution < -0.4 is 4.90 Å². The molecule has 1 heterocycles. The Morgan fingerprint density at radius 1 is 1.30 bits per heavy atom. The van der Waals surface area contributed by atoms with Crippen LogP contribution in [0.15, 0.2) is 18.2 Å². The maximum Gasteiger partial charge on any atom is 0.417 e. The summed E-state index contributed by atoms with van der Waals surface area (Å²) in [5, 5.41) is 8.91. The third-order valence-corrected chi connectivity index (χ3v) is 3.57. The molecule has 0 aliphatic carbocycles. The second-order valence-electron chi connectivity index (χ2n) is 4.79. The molecule has 6 heteroatoms. The van der Waals surface area contributed by atoms with Gasteiger partial charge >= 0.3 is 6.18 Å². The number of nitriles is 1. The fourth-order valence-corrected chi connectivity index (χ4v) is 2.37. The molecule has 1 aliphatic heterocycles. The van der Waals surface area contributed by atoms with E-state index in [1.165, 1.54) is 12.1 Å². The molecule has 0 aromatic heterocycles. The molecule has 1 aliphatic rings. The molecule has 0 bridgehead atoms. The van der Waals surface area contributed by atoms with E-state index in [1.807, 2.05) is 11.9 Å². The molecule has 2 rings (SSSR count). The van der Waals surface area contributed by atoms with Gasteiger partial charge in [0.25, 0.3) is 0 Å². The van der Waals surface area contributed by atoms with Crippen LogP contribution in [0.4, 0.5) is 18.9 Å². The van der Waals surface area contributed by atoms with Crippen molar-refractivity contribution in [2.45, 2.75) is 25.1 Å². The van der Waals surface area contributed by atoms with Crippen LogP contribution in [0.1, 0.15) is 24.0 Å². The van der Waals surface area contributed by atoms with Crippen LogP contribution in [0, 0.1) is 11.3 Å². The average Bonchev–Trinajstić information content (AvgIpc) is 2.45. The van der Waals surface area contributed by atoms with Crippen molar-refractivity contribution in [3.63, 3.8) is 0 Å². The number of hydrogen-bond donors (Lipinski definition) is 0. The molecule has 1 aromatic rings. The molecule has 0 atom stereocenters. The molecule has 20 heavy (non-hydrogen) atoms. The van der Waals surface area contributed by atoms with E-state index in [2.05, 4.69) is 0 Å². The summed E-state index contributed by atoms with van der Waals surface area (Å²) in [5.74, 6) is 0. The highest BCUT2D eigenvalue weighted by atomic mass is 19.4. The number of hydrogen-bond acceptors (Lipinski definition) is 3. The number of benzene rings is 1. The number of alkyl halides is 3. The third-order valence-electron chi connectivity index (χ3n) is 3.57. The van der Waals surface area contributed by atoms with Gasteiger partial charge in [0.1, 0.15) is 0 Å². The lowest BCUT2D eigenvalue weighted by molar-refractivity contribution is -0.137. The van der Waals surface area contributed by atoms with Crippen LogP contribution in [0.25, 0.3) is 0 Å². The zero-order valence-corrected chi connectivity index (χ0v) is 11.1. The Bertz CT molecular complexity index is 516. The van der Waals surface area contributed by atoms with Crippen molar-refractivity contribution < 1.29 is 17.9 Å². The number of halogens is 3. The van der Waals surface area contributed by atoms with Crippen LogP contribution in [0.5, 0.6) is 0 Å². The quantitative estimate of drug-likeness (QED) is 0.836. The van der Waals surface area contributed by atoms with E-state index in [9.17, 15) is 13.2 Å². The fraction of sp³-hybridized carbons (Fsp3) is 0.500. The molecule has 1 saturated heterocycles. The Hall–Kier alpha value is -1.74. The Morgan fingerprint density at radius 2 is 1.95 bits per heavy atom. The topological polar surface area (TPSA) is 36.3 Å². The van der Waals surface area contributed by atoms with Gasteiger partial charge in [0.2, 0.25) is 0 Å². The van der Waals surface area contributed by atoms with Crippen LogP contribution in [-0.2, 0) is 10.9 Å². The van der Waals surface area contributed by atoms with Crippen molar-refractivity contribution in [3.8, 4) is 6.07 Å². The zero-order chi connectivity index (χ0) is 14.8. The second-order valence-corrected chi connectivity index (χ2v) is 4.79. The van der Waals surface area contributed by atoms with Crippen LogP contribution in [-0.4, -0.2) is 26.3 Å². The summed E-state index contributed by atoms with van der Waals surface area (Å²) in [6.45, 7) is 1.31. The summed E-state index contributed by atoms with van der Waals surface area (Å²) >= 11 is 0. The maximum absolute atomic E-state index is 12.7. The fourth-order valence-electron chi connectivity index (χ4n) is 2.37. The predicted molar refractivity (Wildman–Crippen MR) is 68.4 cm³/mol. The van der Waals surface area contributed by atoms with Crippen LogP contribution in [0.3, 0.4) is 0 Å². The summed E-state index contributed by atoms with van der Waals surface area (Å²) in [5.41, 5.74) is -0.598. The van der Waals surface area contributed by atoms with Crippen molar-refractivity contribution >= 4 is 5.69 Å². The number of rotatable bonds is 2. The molecule has 108 valence electrons. The first-order chi connectivity index (χ1) is 9.43. The number of ether oxygens (including phenoxy) is 1. The van der Waals surface area contributed by atoms with Crippen molar-refractivity contribution in [2.75, 3.05) is 25.2 Å². The molecular formula is C14H15F3N2O. The molecule has 0 N–H and O–H groups in total. The summed E-state index contributed by atoms with van der Waals surface area (Å²) in [7, 11) is 1.83. The normalized spacial score (nSPS) is 16.8. The lowest BCUT2D eigenvalue weighted by atomic mass is 10.0. The summed E-state index contributed by atoms with van der Waals surface area (Å²) in [6.07, 6.45) is -2.83. The standard InChI is InChI=1S/C14H15F3N2O/c1-19(11-4-6-20-7-5-11)12-2-3-13(14(15,16)17)10(8-12)9-18/h2-3,8,11H,4-7H2,1H3. The predicted octanol–water partition coefficient (Wildman–Crippen LogP) is 3.19. The minimum Gasteiger partial charge on any atom is -0.381 e. The molecule has 1 fully saturated rings. The number of nitrogens with zero attached hydrogens (tertiary/aromatic N) is 2. The largest absolute Gasteiger partial charge is 0.417 e. The highest BCUT2D eigenvalue weighted by molar-refractivity contribution is 5.55. The Balaban J connectivity index is 2.27. The van der Waals surface area contributed by atoms with Gasteiger partial charge in [-0.15, -0.1) is 0 Å². The van der Waals surface area contributed by atoms with Crippen molar-refractivity contribution in [3.05, 3.63) is 29.3 Å². The van der Waals surface area contributed by atoms with Gasteiger partial charge < -0.3 is 9.64 Å². The average molecular weight is 284 g/mol. The van der Waals surface area contributed by atoms with Crippen LogP contribution >= 0.6 is 0 Å². The SMILES string of the molecule is CN(c1ccc(C(F)(F)F)c(C#N)c1)C1CCOCC1. The molecule has 1 aromatic carbocycles. The highest BCUT2D eigenvalue weighted by Gasteiger charge is 2.34. The summed E-state index contributed by atoms with van der Waals surface area (Å²) in [4.78, 5) is 1.92. The molecule has 0 saturated carbocycles. The zero-order valence-electron chi connectivity index (χ0n) is 11.1. The monoisotopic (exact) mass is 284 g/mol. The van der Waals surface area contributed by atoms with E-state index in [0.717, 1.165) is 18.9 Å². The summed E-state index contributed by atoms with van der Waals surface area (Å²) in [6, 6.07) is 5.55. The first kappa shape index (κ1) is 14.7. The summed E-state index contributed by atoms with van der Waals surface area (Å²) < 4.78 is 43.5. The molecule has 0 unspecified atom stereocenters. The second kappa shape index (κ2) is 5.71. The van der Waals surface area contributed by atoms with Gasteiger partial charge in [0, 0.05) is 32.0 Å². The van der Waals surface area contributed by atoms with Crippen LogP contribution in [0.2, 0.25) is 0 Å². The first-order valence-corrected chi connectivity index (χ1v) is 6.35. The van der Waals surface area contributed by atoms with Gasteiger partial charge in [0.15, 0.2) is 0 Å². The van der Waals surface area contributed by atoms with Gasteiger partial charge in [-0.05, 0) is 31.0 Å². The third kappa shape index (κ3) is 3.05. The van der Waals surface area contributed by atoms with E-state index in [0.29, 0.717) is 18.9 Å². The maximum atomic E-state index is 12.7. The van der Waals surface area contributed by atoms with Gasteiger partial charge in [-0.1, -0.05) is 0 Å². The molecule has 3 nitrogen and oxygen atoms in total. The van der Waals surface area contributed by atoms with Crippen molar-refractivity contribution in [1.82, 2.24) is 0 Å². The minimum atomic E-state index is -4.50. The van der Waals surface area contributed by atoms with E-state index in [1.54, 1.807) is 6.07 Å². The Kier molecular flexibility index (Phi) is 4.19. The van der Waals surface area contributed by atoms with Gasteiger partial charge in [-0.3, -0.25) is 0 Å². The van der Waals surface area contributed by atoms with Gasteiger partial charge in [-0.2, -0.15) is 18.4 Å². The van der Waals surface area contributed by atoms with Gasteiger partial charge in [0.05, 0.1) is 17.2 Å². The minimum absolute atomic E-state index is 0.229. The van der Waals surface area contributed by atoms with Crippen molar-refractivity contribution in [2.24, 2.45) is 0 Å². The van der Waals surface area contributed by atoms with Gasteiger partial charge in [-0.25, -0.2) is 0 Å². The molecule has 0 radical (unpaired) electrons. The molecular weight excluding hydrogens is 269 g/mol. The van der Waals surface area contributed by atoms with E-state index in [4.69, 9.17) is 10.00 Å². The number of anilines is 1. The lowest BCUT2D eigenvalue weighted by Crippen LogP contribution is -2.36.